The molecule has 0 saturated carbocycles. The second kappa shape index (κ2) is 9.97. The second-order valence-electron chi connectivity index (χ2n) is 6.75. The van der Waals surface area contributed by atoms with E-state index in [0.717, 1.165) is 29.5 Å². The van der Waals surface area contributed by atoms with E-state index in [4.69, 9.17) is 29.7 Å². The highest BCUT2D eigenvalue weighted by molar-refractivity contribution is 7.80. The molecule has 0 bridgehead atoms. The molecule has 186 valence electrons. The van der Waals surface area contributed by atoms with E-state index >= 15 is 0 Å². The summed E-state index contributed by atoms with van der Waals surface area (Å²) in [7, 11) is 0. The fraction of sp³-hybridized carbons (Fsp3) is 0.0556. The van der Waals surface area contributed by atoms with Crippen LogP contribution in [0.2, 0.25) is 5.02 Å². The lowest BCUT2D eigenvalue weighted by Crippen LogP contribution is -2.34. The van der Waals surface area contributed by atoms with Crippen LogP contribution in [0.3, 0.4) is 0 Å². The number of nitrogens with zero attached hydrogens (tertiary/aromatic N) is 5. The largest absolute Gasteiger partial charge is 0.416 e. The Morgan fingerprint density at radius 3 is 2.42 bits per heavy atom. The van der Waals surface area contributed by atoms with Crippen LogP contribution in [0, 0.1) is 10.1 Å². The Morgan fingerprint density at radius 2 is 1.78 bits per heavy atom. The van der Waals surface area contributed by atoms with Gasteiger partial charge in [0, 0.05) is 6.07 Å². The van der Waals surface area contributed by atoms with Crippen LogP contribution in [0.15, 0.2) is 36.4 Å². The van der Waals surface area contributed by atoms with E-state index < -0.39 is 16.7 Å². The number of hydrogen-bond donors (Lipinski definition) is 5. The highest BCUT2D eigenvalue weighted by Gasteiger charge is 2.31. The van der Waals surface area contributed by atoms with Gasteiger partial charge in [-0.3, -0.25) is 20.7 Å². The predicted molar refractivity (Wildman–Crippen MR) is 133 cm³/mol. The van der Waals surface area contributed by atoms with Gasteiger partial charge in [-0.25, -0.2) is 10.8 Å². The minimum atomic E-state index is -4.57. The number of fused-ring (bicyclic) bond motifs is 1. The molecule has 0 aliphatic rings. The number of non-ortho nitro benzene ring substituents is 1. The minimum absolute atomic E-state index is 0.0405. The maximum absolute atomic E-state index is 12.9. The lowest BCUT2D eigenvalue weighted by molar-refractivity contribution is -0.383. The first-order chi connectivity index (χ1) is 17.0. The number of nitro benzene ring substituents is 1. The van der Waals surface area contributed by atoms with Crippen LogP contribution in [0.5, 0.6) is 0 Å². The molecule has 0 saturated heterocycles. The van der Waals surface area contributed by atoms with Gasteiger partial charge < -0.3 is 10.7 Å². The number of hydrazine groups is 1. The molecule has 6 N–H and O–H groups in total. The minimum Gasteiger partial charge on any atom is -0.323 e. The lowest BCUT2D eigenvalue weighted by Gasteiger charge is -2.13. The Hall–Kier alpha value is -3.93. The summed E-state index contributed by atoms with van der Waals surface area (Å²) in [5.41, 5.74) is 1.35. The number of anilines is 5. The number of thiocarbonyl (C=S) groups is 1. The van der Waals surface area contributed by atoms with E-state index in [0.29, 0.717) is 4.70 Å². The van der Waals surface area contributed by atoms with Crippen LogP contribution in [0.4, 0.5) is 47.5 Å². The molecule has 2 aromatic carbocycles. The summed E-state index contributed by atoms with van der Waals surface area (Å²) >= 11 is 12.1. The van der Waals surface area contributed by atoms with Gasteiger partial charge >= 0.3 is 6.18 Å². The van der Waals surface area contributed by atoms with Crippen molar-refractivity contribution in [1.29, 1.82) is 0 Å². The first-order valence-corrected chi connectivity index (χ1v) is 11.1. The van der Waals surface area contributed by atoms with Gasteiger partial charge in [0.25, 0.3) is 5.69 Å². The molecule has 0 unspecified atom stereocenters. The van der Waals surface area contributed by atoms with E-state index in [2.05, 4.69) is 41.3 Å². The summed E-state index contributed by atoms with van der Waals surface area (Å²) in [5.74, 6) is 4.98. The SMILES string of the molecule is NNC(=S)Nc1nc(Nc2nc3c([N+](=O)[O-])cccc3s2)nc(Nc2ccc(C(F)(F)F)cc2Cl)n1. The van der Waals surface area contributed by atoms with Crippen molar-refractivity contribution in [2.75, 3.05) is 16.0 Å². The van der Waals surface area contributed by atoms with Crippen molar-refractivity contribution in [3.63, 3.8) is 0 Å². The molecule has 0 radical (unpaired) electrons. The van der Waals surface area contributed by atoms with Gasteiger partial charge in [-0.05, 0) is 36.5 Å². The van der Waals surface area contributed by atoms with Crippen LogP contribution in [-0.4, -0.2) is 30.0 Å². The summed E-state index contributed by atoms with van der Waals surface area (Å²) in [6.07, 6.45) is -4.57. The maximum atomic E-state index is 12.9. The number of nitrogens with one attached hydrogen (secondary N) is 4. The molecule has 18 heteroatoms. The molecule has 0 aliphatic carbocycles. The molecule has 2 heterocycles. The third kappa shape index (κ3) is 5.65. The standard InChI is InChI=1S/C18H12ClF3N10O2S2/c19-8-6-7(18(20,21)22)4-5-9(8)24-13-26-14(29-16(35)31-23)28-15(27-13)30-17-25-12-10(32(33)34)2-1-3-11(12)36-17/h1-6H,23H2,(H4,24,25,26,27,28,29,30,31,35). The second-order valence-corrected chi connectivity index (χ2v) is 8.59. The molecule has 0 fully saturated rings. The average Bonchev–Trinajstić information content (AvgIpc) is 3.21. The zero-order valence-electron chi connectivity index (χ0n) is 17.4. The lowest BCUT2D eigenvalue weighted by atomic mass is 10.2. The topological polar surface area (TPSA) is 169 Å². The first-order valence-electron chi connectivity index (χ1n) is 9.52. The van der Waals surface area contributed by atoms with Crippen molar-refractivity contribution in [3.05, 3.63) is 57.1 Å². The van der Waals surface area contributed by atoms with Crippen molar-refractivity contribution in [2.45, 2.75) is 6.18 Å². The molecule has 4 aromatic rings. The number of thiazole rings is 1. The van der Waals surface area contributed by atoms with E-state index in [9.17, 15) is 23.3 Å². The molecule has 2 aromatic heterocycles. The summed E-state index contributed by atoms with van der Waals surface area (Å²) < 4.78 is 39.4. The Morgan fingerprint density at radius 1 is 1.08 bits per heavy atom. The van der Waals surface area contributed by atoms with Gasteiger partial charge in [0.05, 0.1) is 25.9 Å². The van der Waals surface area contributed by atoms with Crippen molar-refractivity contribution >= 4 is 84.8 Å². The Bertz CT molecular complexity index is 1480. The van der Waals surface area contributed by atoms with E-state index in [1.807, 2.05) is 0 Å². The van der Waals surface area contributed by atoms with Gasteiger partial charge in [-0.1, -0.05) is 29.0 Å². The molecular weight excluding hydrogens is 545 g/mol. The van der Waals surface area contributed by atoms with Gasteiger partial charge in [0.15, 0.2) is 15.8 Å². The van der Waals surface area contributed by atoms with Crippen molar-refractivity contribution in [2.24, 2.45) is 5.84 Å². The highest BCUT2D eigenvalue weighted by atomic mass is 35.5. The number of rotatable bonds is 6. The number of para-hydroxylation sites is 1. The normalized spacial score (nSPS) is 11.2. The number of aromatic nitrogens is 4. The van der Waals surface area contributed by atoms with Crippen LogP contribution in [0.25, 0.3) is 10.2 Å². The molecule has 0 atom stereocenters. The quantitative estimate of drug-likeness (QED) is 0.0960. The number of benzene rings is 2. The van der Waals surface area contributed by atoms with Gasteiger partial charge in [0.1, 0.15) is 0 Å². The fourth-order valence-corrected chi connectivity index (χ4v) is 4.03. The third-order valence-corrected chi connectivity index (χ3v) is 5.82. The summed E-state index contributed by atoms with van der Waals surface area (Å²) in [5, 5.41) is 19.4. The molecule has 0 spiro atoms. The van der Waals surface area contributed by atoms with Crippen LogP contribution in [0.1, 0.15) is 5.56 Å². The van der Waals surface area contributed by atoms with E-state index in [1.165, 1.54) is 12.1 Å². The number of alkyl halides is 3. The van der Waals surface area contributed by atoms with Crippen molar-refractivity contribution in [3.8, 4) is 0 Å². The van der Waals surface area contributed by atoms with Crippen molar-refractivity contribution in [1.82, 2.24) is 25.4 Å². The Kier molecular flexibility index (Phi) is 6.97. The Balaban J connectivity index is 1.68. The average molecular weight is 557 g/mol. The maximum Gasteiger partial charge on any atom is 0.416 e. The molecule has 12 nitrogen and oxygen atoms in total. The summed E-state index contributed by atoms with van der Waals surface area (Å²) in [6.45, 7) is 0. The number of hydrogen-bond acceptors (Lipinski definition) is 11. The summed E-state index contributed by atoms with van der Waals surface area (Å²) in [6, 6.07) is 7.24. The molecule has 36 heavy (non-hydrogen) atoms. The van der Waals surface area contributed by atoms with Crippen molar-refractivity contribution < 1.29 is 18.1 Å². The molecule has 0 amide bonds. The zero-order chi connectivity index (χ0) is 26.0. The number of nitrogens with two attached hydrogens (primary N) is 1. The smallest absolute Gasteiger partial charge is 0.323 e. The number of nitro groups is 1. The fourth-order valence-electron chi connectivity index (χ4n) is 2.82. The van der Waals surface area contributed by atoms with Crippen LogP contribution < -0.4 is 27.2 Å². The molecule has 0 aliphatic heterocycles. The van der Waals surface area contributed by atoms with Gasteiger partial charge in [-0.2, -0.15) is 28.1 Å². The summed E-state index contributed by atoms with van der Waals surface area (Å²) in [4.78, 5) is 27.4. The monoisotopic (exact) mass is 556 g/mol. The van der Waals surface area contributed by atoms with Gasteiger partial charge in [0.2, 0.25) is 17.8 Å². The van der Waals surface area contributed by atoms with Crippen LogP contribution in [-0.2, 0) is 6.18 Å². The Labute approximate surface area is 213 Å². The van der Waals surface area contributed by atoms with Crippen LogP contribution >= 0.6 is 35.2 Å². The molecule has 4 rings (SSSR count). The predicted octanol–water partition coefficient (Wildman–Crippen LogP) is 4.71. The molecular formula is C18H12ClF3N10O2S2. The van der Waals surface area contributed by atoms with E-state index in [1.54, 1.807) is 6.07 Å². The third-order valence-electron chi connectivity index (χ3n) is 4.35. The number of halogens is 4. The zero-order valence-corrected chi connectivity index (χ0v) is 19.8. The first kappa shape index (κ1) is 25.2. The highest BCUT2D eigenvalue weighted by Crippen LogP contribution is 2.35. The van der Waals surface area contributed by atoms with E-state index in [-0.39, 0.29) is 50.0 Å². The van der Waals surface area contributed by atoms with Gasteiger partial charge in [-0.15, -0.1) is 0 Å².